The van der Waals surface area contributed by atoms with Crippen molar-refractivity contribution >= 4 is 5.97 Å². The number of aromatic carboxylic acids is 1. The van der Waals surface area contributed by atoms with E-state index in [-0.39, 0.29) is 17.3 Å². The Balaban J connectivity index is 2.18. The van der Waals surface area contributed by atoms with Gasteiger partial charge in [-0.1, -0.05) is 30.3 Å². The molecule has 2 aromatic carbocycles. The number of oxazole rings is 1. The van der Waals surface area contributed by atoms with Crippen molar-refractivity contribution in [2.75, 3.05) is 21.3 Å². The molecule has 0 spiro atoms. The molecule has 0 fully saturated rings. The molecule has 0 aliphatic rings. The van der Waals surface area contributed by atoms with Crippen molar-refractivity contribution in [1.29, 1.82) is 0 Å². The number of benzene rings is 2. The number of ether oxygens (including phenoxy) is 3. The maximum absolute atomic E-state index is 11.6. The van der Waals surface area contributed by atoms with Crippen LogP contribution in [0.25, 0.3) is 22.8 Å². The molecule has 0 unspecified atom stereocenters. The van der Waals surface area contributed by atoms with Crippen LogP contribution in [0.5, 0.6) is 17.2 Å². The zero-order valence-corrected chi connectivity index (χ0v) is 14.5. The van der Waals surface area contributed by atoms with Crippen molar-refractivity contribution in [2.24, 2.45) is 0 Å². The summed E-state index contributed by atoms with van der Waals surface area (Å²) in [4.78, 5) is 15.7. The van der Waals surface area contributed by atoms with Gasteiger partial charge in [0.25, 0.3) is 0 Å². The van der Waals surface area contributed by atoms with Crippen molar-refractivity contribution in [1.82, 2.24) is 4.98 Å². The summed E-state index contributed by atoms with van der Waals surface area (Å²) in [6, 6.07) is 12.2. The summed E-state index contributed by atoms with van der Waals surface area (Å²) in [6.07, 6.45) is 0. The summed E-state index contributed by atoms with van der Waals surface area (Å²) in [5, 5.41) is 9.48. The van der Waals surface area contributed by atoms with Gasteiger partial charge in [0.1, 0.15) is 0 Å². The van der Waals surface area contributed by atoms with Crippen LogP contribution in [0.15, 0.2) is 46.9 Å². The van der Waals surface area contributed by atoms with Crippen molar-refractivity contribution in [3.63, 3.8) is 0 Å². The normalized spacial score (nSPS) is 10.4. The van der Waals surface area contributed by atoms with E-state index in [2.05, 4.69) is 4.98 Å². The summed E-state index contributed by atoms with van der Waals surface area (Å²) in [7, 11) is 4.49. The fourth-order valence-corrected chi connectivity index (χ4v) is 2.58. The molecular formula is C19H17NO6. The van der Waals surface area contributed by atoms with E-state index in [0.29, 0.717) is 28.4 Å². The van der Waals surface area contributed by atoms with Crippen LogP contribution in [0.3, 0.4) is 0 Å². The lowest BCUT2D eigenvalue weighted by Gasteiger charge is -2.12. The van der Waals surface area contributed by atoms with Crippen LogP contribution < -0.4 is 14.2 Å². The fraction of sp³-hybridized carbons (Fsp3) is 0.158. The highest BCUT2D eigenvalue weighted by Gasteiger charge is 2.23. The highest BCUT2D eigenvalue weighted by atomic mass is 16.5. The van der Waals surface area contributed by atoms with E-state index in [0.717, 1.165) is 0 Å². The molecule has 3 aromatic rings. The molecule has 0 saturated carbocycles. The first-order valence-electron chi connectivity index (χ1n) is 7.69. The molecule has 0 bridgehead atoms. The van der Waals surface area contributed by atoms with Gasteiger partial charge < -0.3 is 23.7 Å². The highest BCUT2D eigenvalue weighted by Crippen LogP contribution is 2.41. The number of hydrogen-bond acceptors (Lipinski definition) is 6. The topological polar surface area (TPSA) is 91.0 Å². The third-order valence-electron chi connectivity index (χ3n) is 3.78. The second-order valence-corrected chi connectivity index (χ2v) is 5.28. The van der Waals surface area contributed by atoms with Gasteiger partial charge in [-0.2, -0.15) is 0 Å². The number of carboxylic acids is 1. The van der Waals surface area contributed by atoms with Crippen molar-refractivity contribution in [3.05, 3.63) is 48.2 Å². The second kappa shape index (κ2) is 7.18. The van der Waals surface area contributed by atoms with E-state index < -0.39 is 5.97 Å². The minimum atomic E-state index is -1.17. The van der Waals surface area contributed by atoms with Crippen molar-refractivity contribution in [3.8, 4) is 40.0 Å². The molecule has 1 N–H and O–H groups in total. The summed E-state index contributed by atoms with van der Waals surface area (Å²) in [6.45, 7) is 0. The molecule has 0 saturated heterocycles. The lowest BCUT2D eigenvalue weighted by Crippen LogP contribution is -1.99. The van der Waals surface area contributed by atoms with Crippen LogP contribution in [0, 0.1) is 0 Å². The first-order chi connectivity index (χ1) is 12.6. The smallest absolute Gasteiger partial charge is 0.358 e. The standard InChI is InChI=1S/C19H17NO6/c1-23-13-9-12(10-14(24-2)17(13)25-3)18-20-15(19(21)22)16(26-18)11-7-5-4-6-8-11/h4-10H,1-3H3,(H,21,22). The van der Waals surface area contributed by atoms with Crippen LogP contribution >= 0.6 is 0 Å². The Hall–Kier alpha value is -3.48. The van der Waals surface area contributed by atoms with E-state index in [1.807, 2.05) is 6.07 Å². The number of aromatic nitrogens is 1. The molecule has 0 atom stereocenters. The zero-order chi connectivity index (χ0) is 18.7. The molecular weight excluding hydrogens is 338 g/mol. The van der Waals surface area contributed by atoms with Gasteiger partial charge >= 0.3 is 5.97 Å². The SMILES string of the molecule is COc1cc(-c2nc(C(=O)O)c(-c3ccccc3)o2)cc(OC)c1OC. The molecule has 0 amide bonds. The van der Waals surface area contributed by atoms with Gasteiger partial charge in [0.2, 0.25) is 11.6 Å². The minimum Gasteiger partial charge on any atom is -0.493 e. The molecule has 26 heavy (non-hydrogen) atoms. The number of rotatable bonds is 6. The summed E-state index contributed by atoms with van der Waals surface area (Å²) in [5.41, 5.74) is 0.959. The second-order valence-electron chi connectivity index (χ2n) is 5.28. The molecule has 0 aliphatic heterocycles. The number of hydrogen-bond donors (Lipinski definition) is 1. The first-order valence-corrected chi connectivity index (χ1v) is 7.69. The van der Waals surface area contributed by atoms with E-state index in [1.54, 1.807) is 36.4 Å². The van der Waals surface area contributed by atoms with Gasteiger partial charge in [-0.25, -0.2) is 9.78 Å². The Morgan fingerprint density at radius 3 is 2.08 bits per heavy atom. The summed E-state index contributed by atoms with van der Waals surface area (Å²) < 4.78 is 21.7. The van der Waals surface area contributed by atoms with Crippen LogP contribution in [0.1, 0.15) is 10.5 Å². The van der Waals surface area contributed by atoms with Crippen LogP contribution in [0.4, 0.5) is 0 Å². The van der Waals surface area contributed by atoms with E-state index in [1.165, 1.54) is 21.3 Å². The number of nitrogens with zero attached hydrogens (tertiary/aromatic N) is 1. The lowest BCUT2D eigenvalue weighted by molar-refractivity contribution is 0.0691. The Labute approximate surface area is 149 Å². The minimum absolute atomic E-state index is 0.139. The monoisotopic (exact) mass is 355 g/mol. The fourth-order valence-electron chi connectivity index (χ4n) is 2.58. The quantitative estimate of drug-likeness (QED) is 0.720. The third kappa shape index (κ3) is 3.06. The largest absolute Gasteiger partial charge is 0.493 e. The predicted molar refractivity (Wildman–Crippen MR) is 94.0 cm³/mol. The Morgan fingerprint density at radius 2 is 1.58 bits per heavy atom. The number of methoxy groups -OCH3 is 3. The van der Waals surface area contributed by atoms with Crippen molar-refractivity contribution in [2.45, 2.75) is 0 Å². The molecule has 7 heteroatoms. The molecule has 1 heterocycles. The van der Waals surface area contributed by atoms with Gasteiger partial charge in [0, 0.05) is 11.1 Å². The molecule has 7 nitrogen and oxygen atoms in total. The van der Waals surface area contributed by atoms with Gasteiger partial charge in [-0.05, 0) is 12.1 Å². The third-order valence-corrected chi connectivity index (χ3v) is 3.78. The molecule has 3 rings (SSSR count). The number of carboxylic acid groups (broad SMARTS) is 1. The zero-order valence-electron chi connectivity index (χ0n) is 14.5. The van der Waals surface area contributed by atoms with Gasteiger partial charge in [-0.3, -0.25) is 0 Å². The summed E-state index contributed by atoms with van der Waals surface area (Å²) in [5.74, 6) is 0.400. The summed E-state index contributed by atoms with van der Waals surface area (Å²) >= 11 is 0. The van der Waals surface area contributed by atoms with Crippen LogP contribution in [-0.4, -0.2) is 37.4 Å². The van der Waals surface area contributed by atoms with Crippen molar-refractivity contribution < 1.29 is 28.5 Å². The molecule has 0 aliphatic carbocycles. The van der Waals surface area contributed by atoms with Crippen LogP contribution in [-0.2, 0) is 0 Å². The predicted octanol–water partition coefficient (Wildman–Crippen LogP) is 3.73. The molecule has 134 valence electrons. The maximum Gasteiger partial charge on any atom is 0.358 e. The molecule has 0 radical (unpaired) electrons. The maximum atomic E-state index is 11.6. The van der Waals surface area contributed by atoms with Gasteiger partial charge in [-0.15, -0.1) is 0 Å². The van der Waals surface area contributed by atoms with E-state index in [9.17, 15) is 9.90 Å². The van der Waals surface area contributed by atoms with E-state index in [4.69, 9.17) is 18.6 Å². The van der Waals surface area contributed by atoms with Gasteiger partial charge in [0.15, 0.2) is 23.0 Å². The highest BCUT2D eigenvalue weighted by molar-refractivity contribution is 5.93. The average Bonchev–Trinajstić information content (AvgIpc) is 3.13. The number of carbonyl (C=O) groups is 1. The Morgan fingerprint density at radius 1 is 0.962 bits per heavy atom. The lowest BCUT2D eigenvalue weighted by atomic mass is 10.1. The van der Waals surface area contributed by atoms with Crippen LogP contribution in [0.2, 0.25) is 0 Å². The Bertz CT molecular complexity index is 907. The van der Waals surface area contributed by atoms with Gasteiger partial charge in [0.05, 0.1) is 21.3 Å². The first kappa shape index (κ1) is 17.3. The Kier molecular flexibility index (Phi) is 4.79. The molecule has 1 aromatic heterocycles. The van der Waals surface area contributed by atoms with E-state index >= 15 is 0 Å². The average molecular weight is 355 g/mol.